The van der Waals surface area contributed by atoms with E-state index in [1.54, 1.807) is 0 Å². The fourth-order valence-corrected chi connectivity index (χ4v) is 4.83. The monoisotopic (exact) mass is 266 g/mol. The minimum Gasteiger partial charge on any atom is -0.329 e. The van der Waals surface area contributed by atoms with E-state index >= 15 is 0 Å². The van der Waals surface area contributed by atoms with Crippen LogP contribution in [0.4, 0.5) is 0 Å². The van der Waals surface area contributed by atoms with Crippen LogP contribution in [0.2, 0.25) is 0 Å². The first kappa shape index (κ1) is 15.3. The van der Waals surface area contributed by atoms with Crippen LogP contribution in [0.1, 0.15) is 65.7 Å². The zero-order valence-corrected chi connectivity index (χ0v) is 13.5. The van der Waals surface area contributed by atoms with E-state index in [9.17, 15) is 0 Å². The van der Waals surface area contributed by atoms with Crippen molar-refractivity contribution in [2.75, 3.05) is 13.6 Å². The lowest BCUT2D eigenvalue weighted by molar-refractivity contribution is -0.0372. The van der Waals surface area contributed by atoms with Gasteiger partial charge in [0.05, 0.1) is 0 Å². The first-order valence-corrected chi connectivity index (χ1v) is 8.44. The van der Waals surface area contributed by atoms with Gasteiger partial charge in [0.15, 0.2) is 0 Å². The summed E-state index contributed by atoms with van der Waals surface area (Å²) < 4.78 is 0. The third-order valence-corrected chi connectivity index (χ3v) is 6.33. The van der Waals surface area contributed by atoms with Crippen LogP contribution in [-0.4, -0.2) is 30.1 Å². The van der Waals surface area contributed by atoms with Gasteiger partial charge in [0.2, 0.25) is 0 Å². The van der Waals surface area contributed by atoms with Crippen LogP contribution in [0.5, 0.6) is 0 Å². The number of nitrogens with two attached hydrogens (primary N) is 1. The summed E-state index contributed by atoms with van der Waals surface area (Å²) in [5.74, 6) is 2.42. The zero-order valence-electron chi connectivity index (χ0n) is 13.5. The average molecular weight is 266 g/mol. The average Bonchev–Trinajstić information content (AvgIpc) is 2.41. The van der Waals surface area contributed by atoms with Crippen molar-refractivity contribution in [1.82, 2.24) is 4.90 Å². The summed E-state index contributed by atoms with van der Waals surface area (Å²) in [4.78, 5) is 2.72. The summed E-state index contributed by atoms with van der Waals surface area (Å²) >= 11 is 0. The van der Waals surface area contributed by atoms with E-state index < -0.39 is 0 Å². The highest BCUT2D eigenvalue weighted by molar-refractivity contribution is 5.01. The van der Waals surface area contributed by atoms with E-state index in [-0.39, 0.29) is 5.54 Å². The Hall–Kier alpha value is -0.0800. The summed E-state index contributed by atoms with van der Waals surface area (Å²) in [6, 6.07) is 0.755. The van der Waals surface area contributed by atoms with E-state index in [0.717, 1.165) is 30.3 Å². The van der Waals surface area contributed by atoms with Crippen LogP contribution in [0.15, 0.2) is 0 Å². The topological polar surface area (TPSA) is 29.3 Å². The van der Waals surface area contributed by atoms with E-state index in [0.29, 0.717) is 0 Å². The molecule has 2 aliphatic carbocycles. The Morgan fingerprint density at radius 1 is 1.05 bits per heavy atom. The summed E-state index contributed by atoms with van der Waals surface area (Å²) in [5.41, 5.74) is 6.56. The van der Waals surface area contributed by atoms with Gasteiger partial charge in [0, 0.05) is 18.1 Å². The van der Waals surface area contributed by atoms with Gasteiger partial charge in [-0.05, 0) is 50.5 Å². The molecule has 0 aromatic rings. The van der Waals surface area contributed by atoms with E-state index in [1.807, 2.05) is 0 Å². The molecule has 0 heterocycles. The van der Waals surface area contributed by atoms with E-state index in [1.165, 1.54) is 44.9 Å². The number of nitrogens with zero attached hydrogens (tertiary/aromatic N) is 1. The number of rotatable bonds is 3. The summed E-state index contributed by atoms with van der Waals surface area (Å²) in [5, 5.41) is 0. The lowest BCUT2D eigenvalue weighted by atomic mass is 9.67. The minimum atomic E-state index is 0.258. The predicted octanol–water partition coefficient (Wildman–Crippen LogP) is 3.65. The van der Waals surface area contributed by atoms with Crippen LogP contribution >= 0.6 is 0 Å². The Kier molecular flexibility index (Phi) is 4.94. The SMILES string of the molecule is CC1CCC(C)C(CN)(N(C)C2CCCCC2C)C1. The largest absolute Gasteiger partial charge is 0.329 e. The molecule has 0 radical (unpaired) electrons. The minimum absolute atomic E-state index is 0.258. The fraction of sp³-hybridized carbons (Fsp3) is 1.00. The molecule has 0 aliphatic heterocycles. The summed E-state index contributed by atoms with van der Waals surface area (Å²) in [6.07, 6.45) is 9.64. The smallest absolute Gasteiger partial charge is 0.0359 e. The highest BCUT2D eigenvalue weighted by atomic mass is 15.2. The lowest BCUT2D eigenvalue weighted by Gasteiger charge is -2.54. The van der Waals surface area contributed by atoms with Crippen molar-refractivity contribution in [3.05, 3.63) is 0 Å². The second-order valence-electron chi connectivity index (χ2n) is 7.54. The molecular weight excluding hydrogens is 232 g/mol. The fourth-order valence-electron chi connectivity index (χ4n) is 4.83. The molecule has 2 N–H and O–H groups in total. The third kappa shape index (κ3) is 2.85. The van der Waals surface area contributed by atoms with Crippen molar-refractivity contribution >= 4 is 0 Å². The van der Waals surface area contributed by atoms with E-state index in [2.05, 4.69) is 32.7 Å². The maximum absolute atomic E-state index is 6.30. The van der Waals surface area contributed by atoms with Crippen LogP contribution in [0.25, 0.3) is 0 Å². The van der Waals surface area contributed by atoms with Gasteiger partial charge < -0.3 is 5.73 Å². The molecule has 2 rings (SSSR count). The summed E-state index contributed by atoms with van der Waals surface area (Å²) in [6.45, 7) is 8.12. The molecule has 2 saturated carbocycles. The van der Waals surface area contributed by atoms with Crippen LogP contribution < -0.4 is 5.73 Å². The molecule has 5 atom stereocenters. The van der Waals surface area contributed by atoms with Gasteiger partial charge in [-0.15, -0.1) is 0 Å². The van der Waals surface area contributed by atoms with E-state index in [4.69, 9.17) is 5.73 Å². The molecule has 112 valence electrons. The molecule has 0 spiro atoms. The van der Waals surface area contributed by atoms with Gasteiger partial charge in [0.1, 0.15) is 0 Å². The van der Waals surface area contributed by atoms with Crippen LogP contribution in [0.3, 0.4) is 0 Å². The predicted molar refractivity (Wildman–Crippen MR) is 83.1 cm³/mol. The normalized spacial score (nSPS) is 44.5. The molecule has 0 aromatic carbocycles. The van der Waals surface area contributed by atoms with Crippen LogP contribution in [-0.2, 0) is 0 Å². The molecule has 2 heteroatoms. The Morgan fingerprint density at radius 3 is 2.37 bits per heavy atom. The third-order valence-electron chi connectivity index (χ3n) is 6.33. The van der Waals surface area contributed by atoms with Crippen molar-refractivity contribution < 1.29 is 0 Å². The summed E-state index contributed by atoms with van der Waals surface area (Å²) in [7, 11) is 2.37. The molecule has 2 aliphatic rings. The number of likely N-dealkylation sites (N-methyl/N-ethyl adjacent to an activating group) is 1. The van der Waals surface area contributed by atoms with Crippen molar-refractivity contribution in [3.63, 3.8) is 0 Å². The van der Waals surface area contributed by atoms with Gasteiger partial charge in [-0.2, -0.15) is 0 Å². The van der Waals surface area contributed by atoms with Crippen molar-refractivity contribution in [3.8, 4) is 0 Å². The van der Waals surface area contributed by atoms with Gasteiger partial charge >= 0.3 is 0 Å². The molecule has 2 nitrogen and oxygen atoms in total. The molecule has 0 saturated heterocycles. The van der Waals surface area contributed by atoms with Gasteiger partial charge in [-0.25, -0.2) is 0 Å². The van der Waals surface area contributed by atoms with Crippen LogP contribution in [0, 0.1) is 17.8 Å². The highest BCUT2D eigenvalue weighted by Crippen LogP contribution is 2.43. The Morgan fingerprint density at radius 2 is 1.74 bits per heavy atom. The second-order valence-corrected chi connectivity index (χ2v) is 7.54. The van der Waals surface area contributed by atoms with Crippen molar-refractivity contribution in [2.24, 2.45) is 23.5 Å². The Balaban J connectivity index is 2.18. The highest BCUT2D eigenvalue weighted by Gasteiger charge is 2.45. The first-order valence-electron chi connectivity index (χ1n) is 8.44. The molecule has 0 aromatic heterocycles. The maximum Gasteiger partial charge on any atom is 0.0359 e. The zero-order chi connectivity index (χ0) is 14.0. The van der Waals surface area contributed by atoms with Crippen molar-refractivity contribution in [1.29, 1.82) is 0 Å². The number of hydrogen-bond acceptors (Lipinski definition) is 2. The Labute approximate surface area is 120 Å². The molecule has 19 heavy (non-hydrogen) atoms. The number of hydrogen-bond donors (Lipinski definition) is 1. The molecule has 0 bridgehead atoms. The quantitative estimate of drug-likeness (QED) is 0.845. The second kappa shape index (κ2) is 6.13. The molecule has 0 amide bonds. The van der Waals surface area contributed by atoms with Crippen molar-refractivity contribution in [2.45, 2.75) is 77.3 Å². The maximum atomic E-state index is 6.30. The Bertz CT molecular complexity index is 291. The lowest BCUT2D eigenvalue weighted by Crippen LogP contribution is -2.63. The van der Waals surface area contributed by atoms with Gasteiger partial charge in [0.25, 0.3) is 0 Å². The molecule has 5 unspecified atom stereocenters. The first-order chi connectivity index (χ1) is 9.01. The standard InChI is InChI=1S/C17H34N2/c1-13-9-10-15(3)17(11-13,12-18)19(4)16-8-6-5-7-14(16)2/h13-16H,5-12,18H2,1-4H3. The van der Waals surface area contributed by atoms with Gasteiger partial charge in [-0.1, -0.05) is 40.0 Å². The van der Waals surface area contributed by atoms with Gasteiger partial charge in [-0.3, -0.25) is 4.90 Å². The molecule has 2 fully saturated rings. The molecular formula is C17H34N2.